The van der Waals surface area contributed by atoms with Crippen LogP contribution >= 0.6 is 0 Å². The van der Waals surface area contributed by atoms with Gasteiger partial charge in [0.1, 0.15) is 23.8 Å². The first-order valence-corrected chi connectivity index (χ1v) is 15.8. The van der Waals surface area contributed by atoms with E-state index in [4.69, 9.17) is 24.5 Å². The highest BCUT2D eigenvalue weighted by atomic mass is 19.1. The minimum atomic E-state index is -1.44. The second kappa shape index (κ2) is 20.3. The molecule has 4 atom stereocenters. The number of hydrogen-bond donors (Lipinski definition) is 1. The van der Waals surface area contributed by atoms with Crippen molar-refractivity contribution in [3.05, 3.63) is 150 Å². The number of carbonyl (C=O) groups is 2. The van der Waals surface area contributed by atoms with E-state index in [1.807, 2.05) is 0 Å². The molecule has 0 saturated carbocycles. The fourth-order valence-electron chi connectivity index (χ4n) is 4.81. The number of nitro groups is 2. The molecule has 0 radical (unpaired) electrons. The normalized spacial score (nSPS) is 12.6. The molecule has 278 valence electrons. The molecule has 0 spiro atoms. The first-order valence-electron chi connectivity index (χ1n) is 15.8. The largest absolute Gasteiger partial charge is 0.478 e. The van der Waals surface area contributed by atoms with Crippen molar-refractivity contribution >= 4 is 23.3 Å². The van der Waals surface area contributed by atoms with E-state index in [9.17, 15) is 38.6 Å². The lowest BCUT2D eigenvalue weighted by molar-refractivity contribution is -0.386. The second-order valence-electron chi connectivity index (χ2n) is 10.6. The van der Waals surface area contributed by atoms with Gasteiger partial charge in [-0.3, -0.25) is 29.8 Å². The zero-order chi connectivity index (χ0) is 38.9. The minimum absolute atomic E-state index is 0.0362. The average Bonchev–Trinajstić information content (AvgIpc) is 3.15. The maximum Gasteiger partial charge on any atom is 0.327 e. The number of hydrogen-bond acceptors (Lipinski definition) is 12. The number of rotatable bonds is 16. The van der Waals surface area contributed by atoms with Gasteiger partial charge >= 0.3 is 23.3 Å². The van der Waals surface area contributed by atoms with Crippen molar-refractivity contribution in [3.63, 3.8) is 0 Å². The van der Waals surface area contributed by atoms with E-state index in [2.05, 4.69) is 15.3 Å². The van der Waals surface area contributed by atoms with E-state index < -0.39 is 69.1 Å². The summed E-state index contributed by atoms with van der Waals surface area (Å²) in [6, 6.07) is 20.4. The summed E-state index contributed by atoms with van der Waals surface area (Å²) in [5, 5.41) is 28.7. The number of carbonyl (C=O) groups excluding carboxylic acids is 2. The maximum absolute atomic E-state index is 13.4. The van der Waals surface area contributed by atoms with Crippen LogP contribution in [-0.4, -0.2) is 54.1 Å². The fraction of sp³-hybridized carbons (Fsp3) is 0.257. The van der Waals surface area contributed by atoms with Gasteiger partial charge in [-0.1, -0.05) is 65.8 Å². The third kappa shape index (κ3) is 11.4. The van der Waals surface area contributed by atoms with E-state index in [0.717, 1.165) is 24.3 Å². The van der Waals surface area contributed by atoms with Crippen LogP contribution in [0.3, 0.4) is 0 Å². The van der Waals surface area contributed by atoms with E-state index in [-0.39, 0.29) is 24.7 Å². The van der Waals surface area contributed by atoms with E-state index in [1.165, 1.54) is 6.07 Å². The van der Waals surface area contributed by atoms with Gasteiger partial charge in [-0.15, -0.1) is 0 Å². The summed E-state index contributed by atoms with van der Waals surface area (Å²) in [7, 11) is 1.56. The van der Waals surface area contributed by atoms with Crippen LogP contribution in [0.5, 0.6) is 11.5 Å². The first kappa shape index (κ1) is 40.8. The van der Waals surface area contributed by atoms with Crippen LogP contribution in [0.15, 0.2) is 102 Å². The number of benzene rings is 4. The molecule has 0 unspecified atom stereocenters. The summed E-state index contributed by atoms with van der Waals surface area (Å²) in [5.74, 6) is -3.41. The first-order chi connectivity index (χ1) is 25.4. The quantitative estimate of drug-likeness (QED) is 0.0305. The molecule has 0 heterocycles. The smallest absolute Gasteiger partial charge is 0.327 e. The average molecular weight is 737 g/mol. The van der Waals surface area contributed by atoms with Gasteiger partial charge in [-0.05, 0) is 61.8 Å². The molecular weight excluding hydrogens is 702 g/mol. The molecule has 4 aromatic rings. The van der Waals surface area contributed by atoms with Gasteiger partial charge in [-0.2, -0.15) is 0 Å². The van der Waals surface area contributed by atoms with Gasteiger partial charge in [-0.25, -0.2) is 8.78 Å². The SMILES string of the molecule is CCOC(=O)[C@@H](NC)[C@H](Oc1ccc(F)cc1[N+](=O)[O-])c1ccccc1.CCOC(=O)[C@H](N=[N+]=[N-])[C@H](Oc1ccc(F)cc1[N+](=O)[O-])c1ccccc1. The molecular formula is C35H34F2N6O10. The lowest BCUT2D eigenvalue weighted by Crippen LogP contribution is -2.43. The van der Waals surface area contributed by atoms with E-state index in [1.54, 1.807) is 81.6 Å². The van der Waals surface area contributed by atoms with Crippen molar-refractivity contribution in [2.45, 2.75) is 38.1 Å². The summed E-state index contributed by atoms with van der Waals surface area (Å²) in [6.07, 6.45) is -2.13. The van der Waals surface area contributed by atoms with Crippen LogP contribution in [0, 0.1) is 31.9 Å². The number of nitrogens with one attached hydrogen (secondary N) is 1. The number of azide groups is 1. The minimum Gasteiger partial charge on any atom is -0.478 e. The highest BCUT2D eigenvalue weighted by Crippen LogP contribution is 2.35. The van der Waals surface area contributed by atoms with Gasteiger partial charge in [0.25, 0.3) is 0 Å². The number of halogens is 2. The summed E-state index contributed by atoms with van der Waals surface area (Å²) < 4.78 is 48.2. The third-order valence-electron chi connectivity index (χ3n) is 7.14. The zero-order valence-electron chi connectivity index (χ0n) is 28.5. The van der Waals surface area contributed by atoms with Crippen LogP contribution in [-0.2, 0) is 19.1 Å². The van der Waals surface area contributed by atoms with Gasteiger partial charge < -0.3 is 24.3 Å². The van der Waals surface area contributed by atoms with Gasteiger partial charge in [0.15, 0.2) is 23.6 Å². The molecule has 0 aliphatic carbocycles. The Hall–Kier alpha value is -6.65. The van der Waals surface area contributed by atoms with Crippen LogP contribution in [0.2, 0.25) is 0 Å². The van der Waals surface area contributed by atoms with Crippen LogP contribution in [0.4, 0.5) is 20.2 Å². The predicted molar refractivity (Wildman–Crippen MR) is 185 cm³/mol. The second-order valence-corrected chi connectivity index (χ2v) is 10.6. The molecule has 0 bridgehead atoms. The third-order valence-corrected chi connectivity index (χ3v) is 7.14. The topological polar surface area (TPSA) is 218 Å². The molecule has 0 aliphatic rings. The molecule has 18 heteroatoms. The van der Waals surface area contributed by atoms with Crippen molar-refractivity contribution in [1.29, 1.82) is 0 Å². The molecule has 53 heavy (non-hydrogen) atoms. The van der Waals surface area contributed by atoms with Crippen LogP contribution in [0.1, 0.15) is 37.2 Å². The lowest BCUT2D eigenvalue weighted by Gasteiger charge is -2.26. The van der Waals surface area contributed by atoms with Crippen LogP contribution in [0.25, 0.3) is 10.4 Å². The number of nitro benzene ring substituents is 2. The van der Waals surface area contributed by atoms with E-state index >= 15 is 0 Å². The molecule has 4 aromatic carbocycles. The van der Waals surface area contributed by atoms with Crippen molar-refractivity contribution in [2.75, 3.05) is 20.3 Å². The summed E-state index contributed by atoms with van der Waals surface area (Å²) >= 11 is 0. The molecule has 0 amide bonds. The Morgan fingerprint density at radius 2 is 1.19 bits per heavy atom. The van der Waals surface area contributed by atoms with Crippen LogP contribution < -0.4 is 14.8 Å². The molecule has 0 aromatic heterocycles. The zero-order valence-corrected chi connectivity index (χ0v) is 28.5. The van der Waals surface area contributed by atoms with Crippen molar-refractivity contribution in [3.8, 4) is 11.5 Å². The Bertz CT molecular complexity index is 1920. The Balaban J connectivity index is 0.000000286. The Kier molecular flexibility index (Phi) is 15.6. The number of ether oxygens (including phenoxy) is 4. The Morgan fingerprint density at radius 1 is 0.755 bits per heavy atom. The Labute approximate surface area is 301 Å². The number of likely N-dealkylation sites (N-methyl/N-ethyl adjacent to an activating group) is 1. The van der Waals surface area contributed by atoms with Crippen molar-refractivity contribution in [1.82, 2.24) is 5.32 Å². The number of nitrogens with zero attached hydrogens (tertiary/aromatic N) is 5. The maximum atomic E-state index is 13.4. The molecule has 0 fully saturated rings. The summed E-state index contributed by atoms with van der Waals surface area (Å²) in [5.41, 5.74) is 8.71. The summed E-state index contributed by atoms with van der Waals surface area (Å²) in [4.78, 5) is 48.1. The highest BCUT2D eigenvalue weighted by Gasteiger charge is 2.35. The van der Waals surface area contributed by atoms with Crippen molar-refractivity contribution < 1.29 is 47.2 Å². The van der Waals surface area contributed by atoms with Gasteiger partial charge in [0.2, 0.25) is 0 Å². The van der Waals surface area contributed by atoms with E-state index in [0.29, 0.717) is 17.2 Å². The molecule has 0 aliphatic heterocycles. The van der Waals surface area contributed by atoms with Gasteiger partial charge in [0.05, 0.1) is 35.2 Å². The number of esters is 2. The van der Waals surface area contributed by atoms with Gasteiger partial charge in [0, 0.05) is 4.91 Å². The fourth-order valence-corrected chi connectivity index (χ4v) is 4.81. The highest BCUT2D eigenvalue weighted by molar-refractivity contribution is 5.77. The molecule has 1 N–H and O–H groups in total. The summed E-state index contributed by atoms with van der Waals surface area (Å²) in [6.45, 7) is 3.46. The van der Waals surface area contributed by atoms with Crippen molar-refractivity contribution in [2.24, 2.45) is 5.11 Å². The Morgan fingerprint density at radius 3 is 1.60 bits per heavy atom. The molecule has 16 nitrogen and oxygen atoms in total. The molecule has 0 saturated heterocycles. The lowest BCUT2D eigenvalue weighted by atomic mass is 10.0. The monoisotopic (exact) mass is 736 g/mol. The predicted octanol–water partition coefficient (Wildman–Crippen LogP) is 7.10. The standard InChI is InChI=1S/C18H19FN2O5.C17H15FN4O5/c1-3-25-18(22)16(20-2)17(12-7-5-4-6-8-12)26-15-10-9-13(19)11-14(15)21(23)24;1-2-26-17(23)15(20-21-19)16(11-6-4-3-5-7-11)27-14-9-8-12(18)10-13(14)22(24)25/h4-11,16-17,20H,3H2,1-2H3;3-10,15-16H,2H2,1H3/t16-,17+;15-,16-/m01/s1. The molecule has 4 rings (SSSR count).